The predicted molar refractivity (Wildman–Crippen MR) is 129 cm³/mol. The number of aromatic nitrogens is 1. The number of nitrogens with zero attached hydrogens (tertiary/aromatic N) is 3. The number of anilines is 1. The van der Waals surface area contributed by atoms with Crippen LogP contribution in [0.1, 0.15) is 16.3 Å². The molecule has 0 atom stereocenters. The number of rotatable bonds is 9. The van der Waals surface area contributed by atoms with Crippen LogP contribution in [0, 0.1) is 6.92 Å². The topological polar surface area (TPSA) is 57.7 Å². The van der Waals surface area contributed by atoms with Crippen molar-refractivity contribution in [2.75, 3.05) is 44.2 Å². The molecule has 1 saturated heterocycles. The third-order valence-corrected chi connectivity index (χ3v) is 6.44. The Kier molecular flexibility index (Phi) is 7.74. The highest BCUT2D eigenvalue weighted by atomic mass is 32.1. The smallest absolute Gasteiger partial charge is 0.226 e. The molecule has 0 radical (unpaired) electrons. The Balaban J connectivity index is 1.13. The largest absolute Gasteiger partial charge is 0.486 e. The summed E-state index contributed by atoms with van der Waals surface area (Å²) in [6.45, 7) is 8.08. The third kappa shape index (κ3) is 6.55. The molecule has 1 fully saturated rings. The van der Waals surface area contributed by atoms with E-state index in [9.17, 15) is 4.79 Å². The molecule has 7 heteroatoms. The summed E-state index contributed by atoms with van der Waals surface area (Å²) in [5.74, 6) is 0.846. The van der Waals surface area contributed by atoms with Crippen LogP contribution in [-0.2, 0) is 17.8 Å². The summed E-state index contributed by atoms with van der Waals surface area (Å²) in [7, 11) is 0. The molecule has 1 N–H and O–H groups in total. The summed E-state index contributed by atoms with van der Waals surface area (Å²) in [6.07, 6.45) is 0.308. The van der Waals surface area contributed by atoms with Crippen LogP contribution in [0.3, 0.4) is 0 Å². The number of thiazole rings is 1. The lowest BCUT2D eigenvalue weighted by Gasteiger charge is -2.36. The first kappa shape index (κ1) is 22.3. The van der Waals surface area contributed by atoms with Gasteiger partial charge in [0, 0.05) is 50.3 Å². The van der Waals surface area contributed by atoms with E-state index in [-0.39, 0.29) is 5.91 Å². The number of hydrogen-bond acceptors (Lipinski definition) is 6. The maximum Gasteiger partial charge on any atom is 0.226 e. The zero-order chi connectivity index (χ0) is 22.2. The highest BCUT2D eigenvalue weighted by molar-refractivity contribution is 7.09. The van der Waals surface area contributed by atoms with Crippen LogP contribution in [0.2, 0.25) is 0 Å². The van der Waals surface area contributed by atoms with Crippen LogP contribution >= 0.6 is 11.3 Å². The van der Waals surface area contributed by atoms with Gasteiger partial charge in [-0.25, -0.2) is 4.98 Å². The van der Waals surface area contributed by atoms with Gasteiger partial charge in [0.15, 0.2) is 0 Å². The van der Waals surface area contributed by atoms with Gasteiger partial charge in [-0.1, -0.05) is 35.9 Å². The van der Waals surface area contributed by atoms with E-state index in [1.807, 2.05) is 42.6 Å². The molecule has 1 amide bonds. The van der Waals surface area contributed by atoms with E-state index < -0.39 is 0 Å². The summed E-state index contributed by atoms with van der Waals surface area (Å²) in [4.78, 5) is 21.7. The fourth-order valence-corrected chi connectivity index (χ4v) is 4.43. The first-order valence-corrected chi connectivity index (χ1v) is 12.0. The van der Waals surface area contributed by atoms with Crippen LogP contribution in [0.15, 0.2) is 60.0 Å². The molecule has 2 aromatic carbocycles. The van der Waals surface area contributed by atoms with Gasteiger partial charge in [0.2, 0.25) is 5.91 Å². The number of para-hydroxylation sites is 1. The minimum Gasteiger partial charge on any atom is -0.486 e. The van der Waals surface area contributed by atoms with Crippen molar-refractivity contribution in [1.82, 2.24) is 15.2 Å². The van der Waals surface area contributed by atoms with Crippen molar-refractivity contribution >= 4 is 22.9 Å². The molecule has 3 aromatic rings. The highest BCUT2D eigenvalue weighted by Gasteiger charge is 2.17. The number of benzene rings is 2. The molecule has 32 heavy (non-hydrogen) atoms. The summed E-state index contributed by atoms with van der Waals surface area (Å²) in [6, 6.07) is 18.5. The maximum atomic E-state index is 12.3. The van der Waals surface area contributed by atoms with E-state index in [1.54, 1.807) is 0 Å². The van der Waals surface area contributed by atoms with Gasteiger partial charge in [0.25, 0.3) is 0 Å². The van der Waals surface area contributed by atoms with Gasteiger partial charge < -0.3 is 15.0 Å². The van der Waals surface area contributed by atoms with Gasteiger partial charge in [-0.2, -0.15) is 0 Å². The van der Waals surface area contributed by atoms with Crippen LogP contribution < -0.4 is 15.0 Å². The number of ether oxygens (including phenoxy) is 1. The van der Waals surface area contributed by atoms with E-state index in [2.05, 4.69) is 44.4 Å². The molecule has 1 aliphatic heterocycles. The van der Waals surface area contributed by atoms with Crippen molar-refractivity contribution in [3.63, 3.8) is 0 Å². The second-order valence-corrected chi connectivity index (χ2v) is 8.97. The van der Waals surface area contributed by atoms with Crippen LogP contribution in [-0.4, -0.2) is 55.1 Å². The fourth-order valence-electron chi connectivity index (χ4n) is 3.72. The lowest BCUT2D eigenvalue weighted by molar-refractivity contribution is -0.120. The fraction of sp³-hybridized carbons (Fsp3) is 0.360. The molecule has 2 heterocycles. The molecule has 0 unspecified atom stereocenters. The number of carbonyl (C=O) groups excluding carboxylic acids is 1. The van der Waals surface area contributed by atoms with Gasteiger partial charge in [-0.15, -0.1) is 11.3 Å². The van der Waals surface area contributed by atoms with E-state index in [4.69, 9.17) is 4.74 Å². The van der Waals surface area contributed by atoms with Crippen molar-refractivity contribution in [1.29, 1.82) is 0 Å². The van der Waals surface area contributed by atoms with Crippen molar-refractivity contribution in [2.24, 2.45) is 0 Å². The molecular weight excluding hydrogens is 420 g/mol. The summed E-state index contributed by atoms with van der Waals surface area (Å²) >= 11 is 1.53. The normalized spacial score (nSPS) is 14.3. The Labute approximate surface area is 193 Å². The molecule has 4 rings (SSSR count). The number of piperazine rings is 1. The second kappa shape index (κ2) is 11.1. The molecular formula is C25H30N4O2S. The second-order valence-electron chi connectivity index (χ2n) is 8.03. The molecule has 1 aliphatic rings. The predicted octanol–water partition coefficient (Wildman–Crippen LogP) is 3.51. The minimum absolute atomic E-state index is 0.0178. The quantitative estimate of drug-likeness (QED) is 0.541. The van der Waals surface area contributed by atoms with E-state index in [1.165, 1.54) is 22.6 Å². The number of nitrogens with one attached hydrogen (secondary N) is 1. The van der Waals surface area contributed by atoms with Crippen molar-refractivity contribution in [3.8, 4) is 5.75 Å². The van der Waals surface area contributed by atoms with Crippen LogP contribution in [0.5, 0.6) is 5.75 Å². The van der Waals surface area contributed by atoms with E-state index in [0.717, 1.165) is 49.2 Å². The SMILES string of the molecule is Cc1ccc(OCc2nc(CC(=O)NCCN3CCN(c4ccccc4)CC3)cs2)cc1. The summed E-state index contributed by atoms with van der Waals surface area (Å²) in [5, 5.41) is 5.85. The van der Waals surface area contributed by atoms with Gasteiger partial charge in [0.05, 0.1) is 12.1 Å². The Morgan fingerprint density at radius 3 is 2.56 bits per heavy atom. The third-order valence-electron chi connectivity index (χ3n) is 5.57. The Hall–Kier alpha value is -2.90. The first-order chi connectivity index (χ1) is 15.7. The summed E-state index contributed by atoms with van der Waals surface area (Å²) in [5.41, 5.74) is 3.29. The van der Waals surface area contributed by atoms with Gasteiger partial charge in [-0.05, 0) is 31.2 Å². The van der Waals surface area contributed by atoms with E-state index in [0.29, 0.717) is 19.6 Å². The van der Waals surface area contributed by atoms with Gasteiger partial charge in [-0.3, -0.25) is 9.69 Å². The monoisotopic (exact) mass is 450 g/mol. The summed E-state index contributed by atoms with van der Waals surface area (Å²) < 4.78 is 5.77. The van der Waals surface area contributed by atoms with Crippen LogP contribution in [0.4, 0.5) is 5.69 Å². The number of carbonyl (C=O) groups is 1. The zero-order valence-electron chi connectivity index (χ0n) is 18.5. The molecule has 0 aliphatic carbocycles. The molecule has 0 bridgehead atoms. The Bertz CT molecular complexity index is 983. The number of amides is 1. The average Bonchev–Trinajstić information content (AvgIpc) is 3.27. The maximum absolute atomic E-state index is 12.3. The zero-order valence-corrected chi connectivity index (χ0v) is 19.3. The average molecular weight is 451 g/mol. The lowest BCUT2D eigenvalue weighted by Crippen LogP contribution is -2.48. The molecule has 1 aromatic heterocycles. The number of hydrogen-bond donors (Lipinski definition) is 1. The van der Waals surface area contributed by atoms with Crippen molar-refractivity contribution in [2.45, 2.75) is 20.0 Å². The van der Waals surface area contributed by atoms with E-state index >= 15 is 0 Å². The molecule has 0 saturated carbocycles. The highest BCUT2D eigenvalue weighted by Crippen LogP contribution is 2.17. The standard InChI is InChI=1S/C25H30N4O2S/c1-20-7-9-23(10-8-20)31-18-25-27-21(19-32-25)17-24(30)26-11-12-28-13-15-29(16-14-28)22-5-3-2-4-6-22/h2-10,19H,11-18H2,1H3,(H,26,30). The Morgan fingerprint density at radius 1 is 1.06 bits per heavy atom. The van der Waals surface area contributed by atoms with Crippen molar-refractivity contribution < 1.29 is 9.53 Å². The molecule has 0 spiro atoms. The van der Waals surface area contributed by atoms with Crippen LogP contribution in [0.25, 0.3) is 0 Å². The van der Waals surface area contributed by atoms with Crippen molar-refractivity contribution in [3.05, 3.63) is 76.2 Å². The minimum atomic E-state index is 0.0178. The number of aryl methyl sites for hydroxylation is 1. The lowest BCUT2D eigenvalue weighted by atomic mass is 10.2. The Morgan fingerprint density at radius 2 is 1.81 bits per heavy atom. The van der Waals surface area contributed by atoms with Gasteiger partial charge in [0.1, 0.15) is 17.4 Å². The first-order valence-electron chi connectivity index (χ1n) is 11.1. The molecule has 6 nitrogen and oxygen atoms in total. The van der Waals surface area contributed by atoms with Gasteiger partial charge >= 0.3 is 0 Å². The molecule has 168 valence electrons.